The molecular formula is C15H23N. The number of hydrogen-bond acceptors (Lipinski definition) is 1. The van der Waals surface area contributed by atoms with E-state index in [2.05, 4.69) is 39.8 Å². The van der Waals surface area contributed by atoms with Gasteiger partial charge in [-0.25, -0.2) is 0 Å². The highest BCUT2D eigenvalue weighted by molar-refractivity contribution is 5.29. The van der Waals surface area contributed by atoms with Crippen LogP contribution in [-0.2, 0) is 0 Å². The lowest BCUT2D eigenvalue weighted by Crippen LogP contribution is -2.13. The van der Waals surface area contributed by atoms with E-state index < -0.39 is 0 Å². The lowest BCUT2D eigenvalue weighted by Gasteiger charge is -2.26. The molecule has 0 spiro atoms. The van der Waals surface area contributed by atoms with Gasteiger partial charge < -0.3 is 0 Å². The summed E-state index contributed by atoms with van der Waals surface area (Å²) >= 11 is 0. The van der Waals surface area contributed by atoms with E-state index >= 15 is 0 Å². The number of pyridine rings is 1. The zero-order valence-electron chi connectivity index (χ0n) is 11.0. The highest BCUT2D eigenvalue weighted by Crippen LogP contribution is 2.36. The average Bonchev–Trinajstić information content (AvgIpc) is 2.14. The van der Waals surface area contributed by atoms with Crippen molar-refractivity contribution in [2.45, 2.75) is 64.7 Å². The van der Waals surface area contributed by atoms with Crippen molar-refractivity contribution in [1.82, 2.24) is 4.98 Å². The maximum Gasteiger partial charge on any atom is 0.0466 e. The molecule has 1 aliphatic rings. The summed E-state index contributed by atoms with van der Waals surface area (Å²) in [5.41, 5.74) is 4.08. The van der Waals surface area contributed by atoms with Gasteiger partial charge in [-0.3, -0.25) is 4.98 Å². The number of hydrogen-bond donors (Lipinski definition) is 0. The minimum absolute atomic E-state index is 0.539. The van der Waals surface area contributed by atoms with Gasteiger partial charge >= 0.3 is 0 Å². The molecule has 0 aromatic carbocycles. The monoisotopic (exact) mass is 217 g/mol. The first-order valence-electron chi connectivity index (χ1n) is 6.60. The van der Waals surface area contributed by atoms with Gasteiger partial charge in [0.15, 0.2) is 0 Å². The third-order valence-electron chi connectivity index (χ3n) is 3.67. The van der Waals surface area contributed by atoms with Gasteiger partial charge in [0.1, 0.15) is 0 Å². The Labute approximate surface area is 99.3 Å². The molecule has 88 valence electrons. The molecule has 1 heterocycles. The third-order valence-corrected chi connectivity index (χ3v) is 3.67. The van der Waals surface area contributed by atoms with Crippen LogP contribution in [0.2, 0.25) is 0 Å². The number of aromatic nitrogens is 1. The molecule has 0 bridgehead atoms. The normalized spacial score (nSPS) is 16.9. The molecule has 1 heteroatoms. The molecule has 0 N–H and O–H groups in total. The van der Waals surface area contributed by atoms with Crippen molar-refractivity contribution in [2.24, 2.45) is 0 Å². The van der Waals surface area contributed by atoms with Crippen molar-refractivity contribution in [2.75, 3.05) is 0 Å². The summed E-state index contributed by atoms with van der Waals surface area (Å²) in [5.74, 6) is 1.87. The molecule has 1 saturated carbocycles. The van der Waals surface area contributed by atoms with Crippen LogP contribution in [0.5, 0.6) is 0 Å². The van der Waals surface area contributed by atoms with E-state index in [-0.39, 0.29) is 0 Å². The number of rotatable bonds is 3. The first-order valence-corrected chi connectivity index (χ1v) is 6.60. The van der Waals surface area contributed by atoms with Crippen molar-refractivity contribution in [1.29, 1.82) is 0 Å². The van der Waals surface area contributed by atoms with Crippen molar-refractivity contribution in [3.8, 4) is 0 Å². The van der Waals surface area contributed by atoms with Crippen LogP contribution < -0.4 is 0 Å². The SMILES string of the molecule is CC(C)c1ccc(C2CCC2)nc1C(C)C. The van der Waals surface area contributed by atoms with Crippen molar-refractivity contribution in [3.05, 3.63) is 29.1 Å². The molecular weight excluding hydrogens is 194 g/mol. The maximum atomic E-state index is 4.92. The fraction of sp³-hybridized carbons (Fsp3) is 0.667. The quantitative estimate of drug-likeness (QED) is 0.721. The van der Waals surface area contributed by atoms with Gasteiger partial charge in [0.05, 0.1) is 0 Å². The van der Waals surface area contributed by atoms with Gasteiger partial charge in [-0.05, 0) is 36.3 Å². The molecule has 1 aromatic heterocycles. The molecule has 0 unspecified atom stereocenters. The summed E-state index contributed by atoms with van der Waals surface area (Å²) < 4.78 is 0. The third kappa shape index (κ3) is 2.14. The minimum Gasteiger partial charge on any atom is -0.257 e. The van der Waals surface area contributed by atoms with Crippen LogP contribution in [-0.4, -0.2) is 4.98 Å². The summed E-state index contributed by atoms with van der Waals surface area (Å²) in [6.07, 6.45) is 4.06. The molecule has 1 fully saturated rings. The standard InChI is InChI=1S/C15H23N/c1-10(2)13-8-9-14(12-6-5-7-12)16-15(13)11(3)4/h8-12H,5-7H2,1-4H3. The van der Waals surface area contributed by atoms with Crippen LogP contribution in [0.4, 0.5) is 0 Å². The van der Waals surface area contributed by atoms with Crippen LogP contribution >= 0.6 is 0 Å². The summed E-state index contributed by atoms with van der Waals surface area (Å²) in [5, 5.41) is 0. The average molecular weight is 217 g/mol. The summed E-state index contributed by atoms with van der Waals surface area (Å²) in [4.78, 5) is 4.92. The first kappa shape index (κ1) is 11.6. The van der Waals surface area contributed by atoms with E-state index in [1.165, 1.54) is 36.2 Å². The predicted octanol–water partition coefficient (Wildman–Crippen LogP) is 4.60. The second-order valence-electron chi connectivity index (χ2n) is 5.65. The van der Waals surface area contributed by atoms with Gasteiger partial charge in [0.25, 0.3) is 0 Å². The molecule has 1 aromatic rings. The fourth-order valence-corrected chi connectivity index (χ4v) is 2.38. The largest absolute Gasteiger partial charge is 0.257 e. The van der Waals surface area contributed by atoms with Crippen molar-refractivity contribution < 1.29 is 0 Å². The molecule has 1 nitrogen and oxygen atoms in total. The minimum atomic E-state index is 0.539. The molecule has 0 saturated heterocycles. The zero-order valence-corrected chi connectivity index (χ0v) is 11.0. The Bertz CT molecular complexity index is 362. The van der Waals surface area contributed by atoms with Crippen LogP contribution in [0.3, 0.4) is 0 Å². The molecule has 0 atom stereocenters. The second-order valence-corrected chi connectivity index (χ2v) is 5.65. The highest BCUT2D eigenvalue weighted by Gasteiger charge is 2.22. The lowest BCUT2D eigenvalue weighted by atomic mass is 9.82. The highest BCUT2D eigenvalue weighted by atomic mass is 14.7. The van der Waals surface area contributed by atoms with Crippen LogP contribution in [0.1, 0.15) is 81.7 Å². The Morgan fingerprint density at radius 1 is 1.06 bits per heavy atom. The summed E-state index contributed by atoms with van der Waals surface area (Å²) in [6.45, 7) is 9.01. The molecule has 1 aliphatic carbocycles. The maximum absolute atomic E-state index is 4.92. The molecule has 16 heavy (non-hydrogen) atoms. The summed E-state index contributed by atoms with van der Waals surface area (Å²) in [6, 6.07) is 4.56. The molecule has 0 aliphatic heterocycles. The molecule has 0 radical (unpaired) electrons. The lowest BCUT2D eigenvalue weighted by molar-refractivity contribution is 0.409. The van der Waals surface area contributed by atoms with Gasteiger partial charge in [-0.2, -0.15) is 0 Å². The first-order chi connectivity index (χ1) is 7.59. The Hall–Kier alpha value is -0.850. The molecule has 0 amide bonds. The van der Waals surface area contributed by atoms with Crippen LogP contribution in [0.25, 0.3) is 0 Å². The van der Waals surface area contributed by atoms with Crippen LogP contribution in [0, 0.1) is 0 Å². The zero-order chi connectivity index (χ0) is 11.7. The van der Waals surface area contributed by atoms with Gasteiger partial charge in [-0.15, -0.1) is 0 Å². The van der Waals surface area contributed by atoms with E-state index in [1.54, 1.807) is 0 Å². The van der Waals surface area contributed by atoms with E-state index in [4.69, 9.17) is 4.98 Å². The van der Waals surface area contributed by atoms with Crippen molar-refractivity contribution >= 4 is 0 Å². The van der Waals surface area contributed by atoms with Gasteiger partial charge in [0.2, 0.25) is 0 Å². The van der Waals surface area contributed by atoms with E-state index in [0.29, 0.717) is 11.8 Å². The summed E-state index contributed by atoms with van der Waals surface area (Å²) in [7, 11) is 0. The Kier molecular flexibility index (Phi) is 3.32. The van der Waals surface area contributed by atoms with Crippen LogP contribution in [0.15, 0.2) is 12.1 Å². The van der Waals surface area contributed by atoms with E-state index in [9.17, 15) is 0 Å². The van der Waals surface area contributed by atoms with Crippen molar-refractivity contribution in [3.63, 3.8) is 0 Å². The number of nitrogens with zero attached hydrogens (tertiary/aromatic N) is 1. The van der Waals surface area contributed by atoms with Gasteiger partial charge in [0, 0.05) is 17.3 Å². The Morgan fingerprint density at radius 2 is 1.75 bits per heavy atom. The predicted molar refractivity (Wildman–Crippen MR) is 69.0 cm³/mol. The topological polar surface area (TPSA) is 12.9 Å². The van der Waals surface area contributed by atoms with E-state index in [0.717, 1.165) is 5.92 Å². The van der Waals surface area contributed by atoms with Gasteiger partial charge in [-0.1, -0.05) is 40.2 Å². The Morgan fingerprint density at radius 3 is 2.19 bits per heavy atom. The smallest absolute Gasteiger partial charge is 0.0466 e. The fourth-order valence-electron chi connectivity index (χ4n) is 2.38. The van der Waals surface area contributed by atoms with E-state index in [1.807, 2.05) is 0 Å². The second kappa shape index (κ2) is 4.57. The Balaban J connectivity index is 2.35. The molecule has 2 rings (SSSR count).